The van der Waals surface area contributed by atoms with Crippen LogP contribution >= 0.6 is 12.4 Å². The Balaban J connectivity index is 0.00000338. The maximum Gasteiger partial charge on any atom is 0.270 e. The van der Waals surface area contributed by atoms with Crippen molar-refractivity contribution in [3.05, 3.63) is 34.4 Å². The van der Waals surface area contributed by atoms with E-state index < -0.39 is 14.9 Å². The molecule has 9 nitrogen and oxygen atoms in total. The molecule has 26 heavy (non-hydrogen) atoms. The molecule has 0 spiro atoms. The second-order valence-electron chi connectivity index (χ2n) is 6.06. The number of piperazine rings is 1. The highest BCUT2D eigenvalue weighted by atomic mass is 35.5. The molecule has 1 heterocycles. The number of nitrogens with two attached hydrogens (primary N) is 1. The zero-order chi connectivity index (χ0) is 18.6. The average molecular weight is 407 g/mol. The molecule has 146 valence electrons. The molecule has 0 bridgehead atoms. The molecular weight excluding hydrogens is 384 g/mol. The fourth-order valence-corrected chi connectivity index (χ4v) is 4.06. The highest BCUT2D eigenvalue weighted by Crippen LogP contribution is 2.22. The molecular formula is C15H23ClN4O5S. The number of nitrogens with zero attached hydrogens (tertiary/aromatic N) is 3. The lowest BCUT2D eigenvalue weighted by atomic mass is 10.2. The quantitative estimate of drug-likeness (QED) is 0.554. The molecule has 1 aliphatic heterocycles. The van der Waals surface area contributed by atoms with E-state index in [9.17, 15) is 23.3 Å². The van der Waals surface area contributed by atoms with Crippen molar-refractivity contribution >= 4 is 34.0 Å². The first-order chi connectivity index (χ1) is 11.7. The Labute approximate surface area is 158 Å². The van der Waals surface area contributed by atoms with Crippen LogP contribution in [0.4, 0.5) is 5.69 Å². The number of hydrogen-bond donors (Lipinski definition) is 1. The van der Waals surface area contributed by atoms with Gasteiger partial charge in [-0.2, -0.15) is 4.31 Å². The number of amides is 1. The van der Waals surface area contributed by atoms with E-state index in [0.29, 0.717) is 25.9 Å². The van der Waals surface area contributed by atoms with Crippen LogP contribution in [0.25, 0.3) is 0 Å². The molecule has 0 radical (unpaired) electrons. The first-order valence-corrected chi connectivity index (χ1v) is 9.44. The lowest BCUT2D eigenvalue weighted by molar-refractivity contribution is -0.385. The zero-order valence-electron chi connectivity index (χ0n) is 14.4. The van der Waals surface area contributed by atoms with Crippen molar-refractivity contribution < 1.29 is 18.1 Å². The number of nitro benzene ring substituents is 1. The van der Waals surface area contributed by atoms with Crippen LogP contribution in [-0.2, 0) is 14.8 Å². The number of nitro groups is 1. The Kier molecular flexibility index (Phi) is 7.94. The summed E-state index contributed by atoms with van der Waals surface area (Å²) in [4.78, 5) is 23.8. The third-order valence-electron chi connectivity index (χ3n) is 4.07. The number of non-ortho nitro benzene ring substituents is 1. The number of benzene rings is 1. The summed E-state index contributed by atoms with van der Waals surface area (Å²) in [5, 5.41) is 10.8. The molecule has 0 aliphatic carbocycles. The summed E-state index contributed by atoms with van der Waals surface area (Å²) in [6.07, 6.45) is 0.931. The van der Waals surface area contributed by atoms with Gasteiger partial charge in [0, 0.05) is 50.8 Å². The molecule has 0 aromatic heterocycles. The molecule has 1 unspecified atom stereocenters. The summed E-state index contributed by atoms with van der Waals surface area (Å²) in [5.74, 6) is -0.0373. The normalized spacial score (nSPS) is 16.6. The van der Waals surface area contributed by atoms with Crippen molar-refractivity contribution in [1.29, 1.82) is 0 Å². The van der Waals surface area contributed by atoms with E-state index in [0.717, 1.165) is 6.07 Å². The largest absolute Gasteiger partial charge is 0.340 e. The molecule has 1 fully saturated rings. The van der Waals surface area contributed by atoms with Gasteiger partial charge >= 0.3 is 0 Å². The second kappa shape index (κ2) is 9.26. The Morgan fingerprint density at radius 1 is 1.31 bits per heavy atom. The minimum absolute atomic E-state index is 0. The first kappa shape index (κ1) is 22.3. The SMILES string of the molecule is CC(N)CCC(=O)N1CCN(S(=O)(=O)c2cccc([N+](=O)[O-])c2)CC1.Cl. The molecule has 1 amide bonds. The van der Waals surface area contributed by atoms with Crippen LogP contribution in [0.15, 0.2) is 29.2 Å². The van der Waals surface area contributed by atoms with Gasteiger partial charge in [0.1, 0.15) is 0 Å². The molecule has 11 heteroatoms. The average Bonchev–Trinajstić information content (AvgIpc) is 2.59. The summed E-state index contributed by atoms with van der Waals surface area (Å²) < 4.78 is 26.5. The zero-order valence-corrected chi connectivity index (χ0v) is 16.0. The van der Waals surface area contributed by atoms with Gasteiger partial charge in [-0.3, -0.25) is 14.9 Å². The van der Waals surface area contributed by atoms with Gasteiger partial charge in [0.2, 0.25) is 15.9 Å². The van der Waals surface area contributed by atoms with Crippen LogP contribution in [-0.4, -0.2) is 60.7 Å². The van der Waals surface area contributed by atoms with E-state index in [1.54, 1.807) is 4.90 Å². The van der Waals surface area contributed by atoms with Gasteiger partial charge in [0.05, 0.1) is 9.82 Å². The molecule has 1 aliphatic rings. The number of halogens is 1. The van der Waals surface area contributed by atoms with Crippen LogP contribution < -0.4 is 5.73 Å². The van der Waals surface area contributed by atoms with Crippen LogP contribution in [0.1, 0.15) is 19.8 Å². The summed E-state index contributed by atoms with van der Waals surface area (Å²) in [5.41, 5.74) is 5.37. The number of hydrogen-bond acceptors (Lipinski definition) is 6. The highest BCUT2D eigenvalue weighted by molar-refractivity contribution is 7.89. The van der Waals surface area contributed by atoms with E-state index >= 15 is 0 Å². The van der Waals surface area contributed by atoms with Crippen LogP contribution in [0.2, 0.25) is 0 Å². The van der Waals surface area contributed by atoms with Crippen molar-refractivity contribution in [3.8, 4) is 0 Å². The number of carbonyl (C=O) groups excluding carboxylic acids is 1. The van der Waals surface area contributed by atoms with E-state index in [2.05, 4.69) is 0 Å². The maximum absolute atomic E-state index is 12.6. The lowest BCUT2D eigenvalue weighted by Gasteiger charge is -2.34. The fourth-order valence-electron chi connectivity index (χ4n) is 2.59. The topological polar surface area (TPSA) is 127 Å². The summed E-state index contributed by atoms with van der Waals surface area (Å²) in [6.45, 7) is 2.75. The molecule has 1 aromatic carbocycles. The van der Waals surface area contributed by atoms with Gasteiger partial charge in [-0.15, -0.1) is 12.4 Å². The van der Waals surface area contributed by atoms with Crippen molar-refractivity contribution in [3.63, 3.8) is 0 Å². The molecule has 1 atom stereocenters. The van der Waals surface area contributed by atoms with Gasteiger partial charge in [0.25, 0.3) is 5.69 Å². The van der Waals surface area contributed by atoms with Crippen LogP contribution in [0.3, 0.4) is 0 Å². The van der Waals surface area contributed by atoms with E-state index in [-0.39, 0.29) is 48.0 Å². The lowest BCUT2D eigenvalue weighted by Crippen LogP contribution is -2.50. The summed E-state index contributed by atoms with van der Waals surface area (Å²) >= 11 is 0. The van der Waals surface area contributed by atoms with Crippen molar-refractivity contribution in [1.82, 2.24) is 9.21 Å². The molecule has 2 N–H and O–H groups in total. The number of sulfonamides is 1. The third kappa shape index (κ3) is 5.37. The minimum atomic E-state index is -3.82. The smallest absolute Gasteiger partial charge is 0.270 e. The monoisotopic (exact) mass is 406 g/mol. The Morgan fingerprint density at radius 2 is 1.92 bits per heavy atom. The van der Waals surface area contributed by atoms with Crippen LogP contribution in [0, 0.1) is 10.1 Å². The number of carbonyl (C=O) groups is 1. The molecule has 2 rings (SSSR count). The van der Waals surface area contributed by atoms with E-state index in [1.165, 1.54) is 22.5 Å². The van der Waals surface area contributed by atoms with Crippen molar-refractivity contribution in [2.75, 3.05) is 26.2 Å². The van der Waals surface area contributed by atoms with Gasteiger partial charge in [-0.05, 0) is 19.4 Å². The van der Waals surface area contributed by atoms with E-state index in [4.69, 9.17) is 5.73 Å². The Bertz CT molecular complexity index is 748. The fraction of sp³-hybridized carbons (Fsp3) is 0.533. The van der Waals surface area contributed by atoms with Gasteiger partial charge in [0.15, 0.2) is 0 Å². The Morgan fingerprint density at radius 3 is 2.46 bits per heavy atom. The predicted octanol–water partition coefficient (Wildman–Crippen LogP) is 0.977. The standard InChI is InChI=1S/C15H22N4O5S.ClH/c1-12(16)5-6-15(20)17-7-9-18(10-8-17)25(23,24)14-4-2-3-13(11-14)19(21)22;/h2-4,11-12H,5-10,16H2,1H3;1H. The first-order valence-electron chi connectivity index (χ1n) is 8.00. The highest BCUT2D eigenvalue weighted by Gasteiger charge is 2.30. The van der Waals surface area contributed by atoms with Gasteiger partial charge in [-0.1, -0.05) is 6.07 Å². The minimum Gasteiger partial charge on any atom is -0.340 e. The van der Waals surface area contributed by atoms with E-state index in [1.807, 2.05) is 6.92 Å². The number of rotatable bonds is 6. The van der Waals surface area contributed by atoms with Gasteiger partial charge in [-0.25, -0.2) is 8.42 Å². The van der Waals surface area contributed by atoms with Crippen molar-refractivity contribution in [2.24, 2.45) is 5.73 Å². The third-order valence-corrected chi connectivity index (χ3v) is 5.97. The van der Waals surface area contributed by atoms with Gasteiger partial charge < -0.3 is 10.6 Å². The predicted molar refractivity (Wildman–Crippen MR) is 98.6 cm³/mol. The summed E-state index contributed by atoms with van der Waals surface area (Å²) in [7, 11) is -3.82. The molecule has 1 saturated heterocycles. The molecule has 1 aromatic rings. The summed E-state index contributed by atoms with van der Waals surface area (Å²) in [6, 6.07) is 4.92. The second-order valence-corrected chi connectivity index (χ2v) is 7.99. The van der Waals surface area contributed by atoms with Crippen molar-refractivity contribution in [2.45, 2.75) is 30.7 Å². The maximum atomic E-state index is 12.6. The molecule has 0 saturated carbocycles. The Hall–Kier alpha value is -1.75. The van der Waals surface area contributed by atoms with Crippen LogP contribution in [0.5, 0.6) is 0 Å².